The Hall–Kier alpha value is -4.94. The van der Waals surface area contributed by atoms with Gasteiger partial charge in [-0.25, -0.2) is 18.1 Å². The lowest BCUT2D eigenvalue weighted by Gasteiger charge is -2.23. The van der Waals surface area contributed by atoms with Gasteiger partial charge in [-0.15, -0.1) is 0 Å². The van der Waals surface area contributed by atoms with Crippen LogP contribution in [0, 0.1) is 10.1 Å². The number of nitrogens with zero attached hydrogens (tertiary/aromatic N) is 3. The standard InChI is InChI=1S/C30H27ClN4O7S/c1-2-41-29-18-22(15-16-28(29)42-21-23-9-8-10-24(31)17-23)19-32-33-30(36)20-34(26-13-6-7-14-27(26)35(37)38)43(39,40)25-11-4-3-5-12-25/h3-19H,2,20-21H2,1H3,(H,33,36)/b32-19-. The normalized spacial score (nSPS) is 11.2. The van der Waals surface area contributed by atoms with E-state index in [1.807, 2.05) is 19.1 Å². The van der Waals surface area contributed by atoms with E-state index in [2.05, 4.69) is 10.5 Å². The second kappa shape index (κ2) is 14.3. The quantitative estimate of drug-likeness (QED) is 0.117. The number of hydrogen-bond donors (Lipinski definition) is 1. The third-order valence-electron chi connectivity index (χ3n) is 5.92. The van der Waals surface area contributed by atoms with E-state index in [1.165, 1.54) is 48.7 Å². The van der Waals surface area contributed by atoms with Gasteiger partial charge in [0, 0.05) is 11.1 Å². The van der Waals surface area contributed by atoms with Gasteiger partial charge in [-0.1, -0.05) is 54.1 Å². The molecule has 0 aliphatic heterocycles. The highest BCUT2D eigenvalue weighted by atomic mass is 35.5. The van der Waals surface area contributed by atoms with Crippen molar-refractivity contribution in [2.75, 3.05) is 17.5 Å². The topological polar surface area (TPSA) is 140 Å². The van der Waals surface area contributed by atoms with Gasteiger partial charge in [0.15, 0.2) is 11.5 Å². The summed E-state index contributed by atoms with van der Waals surface area (Å²) >= 11 is 6.04. The minimum absolute atomic E-state index is 0.134. The van der Waals surface area contributed by atoms with Gasteiger partial charge in [-0.2, -0.15) is 5.10 Å². The van der Waals surface area contributed by atoms with Crippen LogP contribution in [0.5, 0.6) is 11.5 Å². The van der Waals surface area contributed by atoms with Gasteiger partial charge < -0.3 is 9.47 Å². The van der Waals surface area contributed by atoms with E-state index in [4.69, 9.17) is 21.1 Å². The van der Waals surface area contributed by atoms with Crippen LogP contribution in [0.3, 0.4) is 0 Å². The van der Waals surface area contributed by atoms with Crippen LogP contribution in [0.2, 0.25) is 5.02 Å². The molecule has 0 spiro atoms. The Bertz CT molecular complexity index is 1730. The maximum absolute atomic E-state index is 13.5. The monoisotopic (exact) mass is 622 g/mol. The van der Waals surface area contributed by atoms with Crippen LogP contribution in [-0.4, -0.2) is 38.6 Å². The van der Waals surface area contributed by atoms with E-state index in [0.717, 1.165) is 11.6 Å². The summed E-state index contributed by atoms with van der Waals surface area (Å²) in [5.41, 5.74) is 3.00. The summed E-state index contributed by atoms with van der Waals surface area (Å²) in [5.74, 6) is 0.131. The highest BCUT2D eigenvalue weighted by Gasteiger charge is 2.31. The molecule has 11 nitrogen and oxygen atoms in total. The SMILES string of the molecule is CCOc1cc(/C=N\NC(=O)CN(c2ccccc2[N+](=O)[O-])S(=O)(=O)c2ccccc2)ccc1OCc1cccc(Cl)c1. The first-order chi connectivity index (χ1) is 20.7. The van der Waals surface area contributed by atoms with Crippen LogP contribution in [-0.2, 0) is 21.4 Å². The number of rotatable bonds is 13. The number of ether oxygens (including phenoxy) is 2. The van der Waals surface area contributed by atoms with Gasteiger partial charge in [0.05, 0.1) is 22.6 Å². The molecular weight excluding hydrogens is 596 g/mol. The minimum Gasteiger partial charge on any atom is -0.490 e. The fourth-order valence-corrected chi connectivity index (χ4v) is 5.64. The van der Waals surface area contributed by atoms with E-state index in [0.29, 0.717) is 33.0 Å². The molecule has 0 radical (unpaired) electrons. The summed E-state index contributed by atoms with van der Waals surface area (Å²) in [6, 6.07) is 25.0. The highest BCUT2D eigenvalue weighted by Crippen LogP contribution is 2.32. The molecule has 0 atom stereocenters. The number of hydrazone groups is 1. The maximum Gasteiger partial charge on any atom is 0.293 e. The summed E-state index contributed by atoms with van der Waals surface area (Å²) in [4.78, 5) is 23.7. The molecule has 0 saturated carbocycles. The van der Waals surface area contributed by atoms with Crippen LogP contribution in [0.15, 0.2) is 107 Å². The molecule has 0 heterocycles. The molecule has 4 aromatic rings. The van der Waals surface area contributed by atoms with Crippen molar-refractivity contribution in [1.29, 1.82) is 0 Å². The van der Waals surface area contributed by atoms with Gasteiger partial charge in [-0.05, 0) is 66.6 Å². The summed E-state index contributed by atoms with van der Waals surface area (Å²) in [7, 11) is -4.35. The van der Waals surface area contributed by atoms with Crippen LogP contribution >= 0.6 is 11.6 Å². The van der Waals surface area contributed by atoms with Crippen molar-refractivity contribution in [3.63, 3.8) is 0 Å². The van der Waals surface area contributed by atoms with E-state index in [9.17, 15) is 23.3 Å². The van der Waals surface area contributed by atoms with Crippen LogP contribution in [0.4, 0.5) is 11.4 Å². The zero-order valence-corrected chi connectivity index (χ0v) is 24.5. The number of nitrogens with one attached hydrogen (secondary N) is 1. The molecule has 222 valence electrons. The molecule has 4 aromatic carbocycles. The Balaban J connectivity index is 1.51. The maximum atomic E-state index is 13.5. The van der Waals surface area contributed by atoms with Crippen molar-refractivity contribution >= 4 is 45.1 Å². The van der Waals surface area contributed by atoms with Gasteiger partial charge in [-0.3, -0.25) is 14.9 Å². The molecule has 1 amide bonds. The number of amides is 1. The second-order valence-corrected chi connectivity index (χ2v) is 11.2. The summed E-state index contributed by atoms with van der Waals surface area (Å²) in [6.07, 6.45) is 1.35. The Labute approximate surface area is 253 Å². The number of hydrogen-bond acceptors (Lipinski definition) is 8. The van der Waals surface area contributed by atoms with Crippen molar-refractivity contribution in [2.24, 2.45) is 5.10 Å². The van der Waals surface area contributed by atoms with Crippen LogP contribution in [0.1, 0.15) is 18.1 Å². The number of halogens is 1. The molecule has 0 aliphatic rings. The van der Waals surface area contributed by atoms with Crippen LogP contribution in [0.25, 0.3) is 0 Å². The third kappa shape index (κ3) is 8.09. The molecule has 1 N–H and O–H groups in total. The zero-order valence-electron chi connectivity index (χ0n) is 22.9. The van der Waals surface area contributed by atoms with Crippen molar-refractivity contribution in [2.45, 2.75) is 18.4 Å². The van der Waals surface area contributed by atoms with E-state index in [-0.39, 0.29) is 17.2 Å². The van der Waals surface area contributed by atoms with E-state index in [1.54, 1.807) is 36.4 Å². The van der Waals surface area contributed by atoms with Gasteiger partial charge in [0.2, 0.25) is 0 Å². The average molecular weight is 623 g/mol. The average Bonchev–Trinajstić information content (AvgIpc) is 3.00. The number of nitro benzene ring substituents is 1. The number of nitro groups is 1. The number of benzene rings is 4. The zero-order chi connectivity index (χ0) is 30.8. The molecule has 43 heavy (non-hydrogen) atoms. The largest absolute Gasteiger partial charge is 0.490 e. The molecule has 0 fully saturated rings. The Morgan fingerprint density at radius 2 is 1.72 bits per heavy atom. The van der Waals surface area contributed by atoms with Gasteiger partial charge >= 0.3 is 0 Å². The number of carbonyl (C=O) groups excluding carboxylic acids is 1. The molecule has 13 heteroatoms. The number of para-hydroxylation sites is 2. The van der Waals surface area contributed by atoms with Crippen LogP contribution < -0.4 is 19.2 Å². The molecule has 0 aromatic heterocycles. The predicted molar refractivity (Wildman–Crippen MR) is 163 cm³/mol. The first kappa shape index (κ1) is 31.0. The lowest BCUT2D eigenvalue weighted by atomic mass is 10.2. The lowest BCUT2D eigenvalue weighted by Crippen LogP contribution is -2.39. The minimum atomic E-state index is -4.35. The predicted octanol–water partition coefficient (Wildman–Crippen LogP) is 5.57. The summed E-state index contributed by atoms with van der Waals surface area (Å²) in [6.45, 7) is 1.71. The Morgan fingerprint density at radius 3 is 2.44 bits per heavy atom. The molecule has 4 rings (SSSR count). The highest BCUT2D eigenvalue weighted by molar-refractivity contribution is 7.92. The fourth-order valence-electron chi connectivity index (χ4n) is 3.97. The second-order valence-electron chi connectivity index (χ2n) is 8.92. The lowest BCUT2D eigenvalue weighted by molar-refractivity contribution is -0.384. The Morgan fingerprint density at radius 1 is 0.977 bits per heavy atom. The number of sulfonamides is 1. The molecule has 0 aliphatic carbocycles. The smallest absolute Gasteiger partial charge is 0.293 e. The van der Waals surface area contributed by atoms with Gasteiger partial charge in [0.25, 0.3) is 21.6 Å². The van der Waals surface area contributed by atoms with Crippen molar-refractivity contribution in [3.8, 4) is 11.5 Å². The molecule has 0 unspecified atom stereocenters. The van der Waals surface area contributed by atoms with E-state index >= 15 is 0 Å². The summed E-state index contributed by atoms with van der Waals surface area (Å²) < 4.78 is 39.3. The Kier molecular flexibility index (Phi) is 10.3. The molecule has 0 bridgehead atoms. The third-order valence-corrected chi connectivity index (χ3v) is 7.93. The first-order valence-corrected chi connectivity index (χ1v) is 14.8. The van der Waals surface area contributed by atoms with E-state index < -0.39 is 33.1 Å². The van der Waals surface area contributed by atoms with Gasteiger partial charge in [0.1, 0.15) is 18.8 Å². The number of anilines is 1. The molecule has 0 saturated heterocycles. The van der Waals surface area contributed by atoms with Crippen molar-refractivity contribution in [3.05, 3.63) is 123 Å². The first-order valence-electron chi connectivity index (χ1n) is 13.0. The van der Waals surface area contributed by atoms with Crippen molar-refractivity contribution < 1.29 is 27.6 Å². The number of carbonyl (C=O) groups is 1. The fraction of sp³-hybridized carbons (Fsp3) is 0.133. The van der Waals surface area contributed by atoms with Crippen molar-refractivity contribution in [1.82, 2.24) is 5.43 Å². The molecular formula is C30H27ClN4O7S. The summed E-state index contributed by atoms with van der Waals surface area (Å²) in [5, 5.41) is 16.2.